The van der Waals surface area contributed by atoms with Crippen LogP contribution in [-0.2, 0) is 0 Å². The van der Waals surface area contributed by atoms with Crippen LogP contribution in [0.25, 0.3) is 154 Å². The quantitative estimate of drug-likeness (QED) is 0.157. The maximum absolute atomic E-state index is 2.58. The van der Waals surface area contributed by atoms with Crippen molar-refractivity contribution in [2.24, 2.45) is 0 Å². The van der Waals surface area contributed by atoms with E-state index < -0.39 is 0 Å². The summed E-state index contributed by atoms with van der Waals surface area (Å²) >= 11 is 0. The second-order valence-electron chi connectivity index (χ2n) is 18.3. The van der Waals surface area contributed by atoms with Gasteiger partial charge in [0, 0.05) is 54.2 Å². The van der Waals surface area contributed by atoms with Crippen LogP contribution in [0.2, 0.25) is 0 Å². The Morgan fingerprint density at radius 3 is 1.17 bits per heavy atom. The highest BCUT2D eigenvalue weighted by Gasteiger charge is 2.31. The van der Waals surface area contributed by atoms with Gasteiger partial charge < -0.3 is 9.13 Å². The van der Waals surface area contributed by atoms with Gasteiger partial charge in [-0.2, -0.15) is 0 Å². The second kappa shape index (κ2) is 12.5. The maximum atomic E-state index is 2.58. The van der Waals surface area contributed by atoms with Gasteiger partial charge in [0.05, 0.1) is 33.4 Å². The van der Waals surface area contributed by atoms with Crippen LogP contribution in [0, 0.1) is 0 Å². The molecule has 2 aromatic heterocycles. The van der Waals surface area contributed by atoms with Crippen LogP contribution in [0.1, 0.15) is 0 Å². The molecule has 2 aliphatic rings. The minimum absolute atomic E-state index is 1.20. The number of hydrogen-bond acceptors (Lipinski definition) is 0. The summed E-state index contributed by atoms with van der Waals surface area (Å²) in [4.78, 5) is 0. The van der Waals surface area contributed by atoms with Crippen molar-refractivity contribution < 1.29 is 0 Å². The van der Waals surface area contributed by atoms with Gasteiger partial charge in [0.1, 0.15) is 0 Å². The van der Waals surface area contributed by atoms with Crippen LogP contribution >= 0.6 is 0 Å². The van der Waals surface area contributed by atoms with E-state index in [1.54, 1.807) is 0 Å². The van der Waals surface area contributed by atoms with Crippen molar-refractivity contribution in [2.75, 3.05) is 0 Å². The molecule has 0 bridgehead atoms. The molecule has 16 rings (SSSR count). The van der Waals surface area contributed by atoms with Crippen LogP contribution in [-0.4, -0.2) is 9.13 Å². The molecule has 302 valence electrons. The van der Waals surface area contributed by atoms with E-state index in [1.807, 2.05) is 0 Å². The summed E-state index contributed by atoms with van der Waals surface area (Å²) in [6.45, 7) is 0. The lowest BCUT2D eigenvalue weighted by Gasteiger charge is -2.19. The lowest BCUT2D eigenvalue weighted by Crippen LogP contribution is -1.99. The molecular formula is C64H36N2. The molecule has 0 atom stereocenters. The molecule has 0 unspecified atom stereocenters. The molecule has 0 N–H and O–H groups in total. The highest BCUT2D eigenvalue weighted by atomic mass is 15.0. The molecule has 14 aromatic rings. The first-order chi connectivity index (χ1) is 32.8. The molecule has 2 heterocycles. The van der Waals surface area contributed by atoms with E-state index in [0.29, 0.717) is 0 Å². The Hall–Kier alpha value is -8.72. The van der Waals surface area contributed by atoms with E-state index in [1.165, 1.54) is 154 Å². The largest absolute Gasteiger partial charge is 0.308 e. The van der Waals surface area contributed by atoms with Gasteiger partial charge in [-0.25, -0.2) is 0 Å². The molecule has 0 aliphatic heterocycles. The van der Waals surface area contributed by atoms with Crippen LogP contribution in [0.4, 0.5) is 0 Å². The molecule has 0 spiro atoms. The molecule has 0 amide bonds. The van der Waals surface area contributed by atoms with E-state index in [9.17, 15) is 0 Å². The highest BCUT2D eigenvalue weighted by molar-refractivity contribution is 6.30. The van der Waals surface area contributed by atoms with Crippen molar-refractivity contribution >= 4 is 86.7 Å². The molecule has 2 nitrogen and oxygen atoms in total. The van der Waals surface area contributed by atoms with Crippen LogP contribution in [0.15, 0.2) is 218 Å². The summed E-state index contributed by atoms with van der Waals surface area (Å²) in [5.74, 6) is 0. The Bertz CT molecular complexity index is 4520. The third-order valence-electron chi connectivity index (χ3n) is 15.1. The molecule has 12 aromatic carbocycles. The fraction of sp³-hybridized carbons (Fsp3) is 0. The number of benzene rings is 12. The Morgan fingerprint density at radius 1 is 0.212 bits per heavy atom. The lowest BCUT2D eigenvalue weighted by molar-refractivity contribution is 1.20. The standard InChI is InChI=1S/C64H36N2/c1-5-21-50-39(15-1)46-25-13-27-48-41-17-3-7-23-52(41)63(61(50)59(46)48)65-56-30-12-10-20-44(56)54-35-37(32-34-57(54)65)38-31-33-45-43-19-9-11-29-55(43)66(58(45)36-38)64-53-24-8-4-18-42(53)49-28-14-26-47-40-16-2-6-22-51(40)62(64)60(47)49/h1-36H. The summed E-state index contributed by atoms with van der Waals surface area (Å²) in [6.07, 6.45) is 0. The maximum Gasteiger partial charge on any atom is 0.0625 e. The van der Waals surface area contributed by atoms with Gasteiger partial charge in [-0.15, -0.1) is 0 Å². The molecule has 2 heteroatoms. The average Bonchev–Trinajstić information content (AvgIpc) is 4.11. The van der Waals surface area contributed by atoms with Crippen molar-refractivity contribution in [1.82, 2.24) is 9.13 Å². The lowest BCUT2D eigenvalue weighted by atomic mass is 9.93. The topological polar surface area (TPSA) is 9.86 Å². The van der Waals surface area contributed by atoms with Crippen molar-refractivity contribution in [1.29, 1.82) is 0 Å². The van der Waals surface area contributed by atoms with E-state index in [-0.39, 0.29) is 0 Å². The number of hydrogen-bond donors (Lipinski definition) is 0. The fourth-order valence-electron chi connectivity index (χ4n) is 12.5. The number of rotatable bonds is 3. The van der Waals surface area contributed by atoms with Gasteiger partial charge in [-0.05, 0) is 96.4 Å². The van der Waals surface area contributed by atoms with Crippen molar-refractivity contribution in [3.8, 4) is 67.0 Å². The Balaban J connectivity index is 0.976. The summed E-state index contributed by atoms with van der Waals surface area (Å²) < 4.78 is 5.14. The van der Waals surface area contributed by atoms with Crippen molar-refractivity contribution in [2.45, 2.75) is 0 Å². The highest BCUT2D eigenvalue weighted by Crippen LogP contribution is 2.56. The first-order valence-electron chi connectivity index (χ1n) is 23.0. The van der Waals surface area contributed by atoms with Crippen LogP contribution < -0.4 is 0 Å². The molecule has 2 aliphatic carbocycles. The molecule has 66 heavy (non-hydrogen) atoms. The van der Waals surface area contributed by atoms with Crippen molar-refractivity contribution in [3.05, 3.63) is 218 Å². The zero-order valence-electron chi connectivity index (χ0n) is 35.7. The normalized spacial score (nSPS) is 12.5. The van der Waals surface area contributed by atoms with Gasteiger partial charge >= 0.3 is 0 Å². The summed E-state index contributed by atoms with van der Waals surface area (Å²) in [5.41, 5.74) is 20.2. The van der Waals surface area contributed by atoms with Gasteiger partial charge in [0.25, 0.3) is 0 Å². The second-order valence-corrected chi connectivity index (χ2v) is 18.3. The minimum Gasteiger partial charge on any atom is -0.308 e. The zero-order chi connectivity index (χ0) is 42.8. The van der Waals surface area contributed by atoms with E-state index in [2.05, 4.69) is 228 Å². The predicted octanol–water partition coefficient (Wildman–Crippen LogP) is 17.5. The molecule has 0 saturated carbocycles. The fourth-order valence-corrected chi connectivity index (χ4v) is 12.5. The molecule has 0 radical (unpaired) electrons. The first kappa shape index (κ1) is 34.7. The Labute approximate surface area is 379 Å². The number of nitrogens with zero attached hydrogens (tertiary/aromatic N) is 2. The zero-order valence-corrected chi connectivity index (χ0v) is 35.7. The van der Waals surface area contributed by atoms with Gasteiger partial charge in [0.15, 0.2) is 0 Å². The Kier molecular flexibility index (Phi) is 6.58. The minimum atomic E-state index is 1.20. The summed E-state index contributed by atoms with van der Waals surface area (Å²) in [6, 6.07) is 81.9. The van der Waals surface area contributed by atoms with Gasteiger partial charge in [0.2, 0.25) is 0 Å². The van der Waals surface area contributed by atoms with Crippen LogP contribution in [0.3, 0.4) is 0 Å². The monoisotopic (exact) mass is 832 g/mol. The molecule has 0 saturated heterocycles. The van der Waals surface area contributed by atoms with Gasteiger partial charge in [-0.3, -0.25) is 0 Å². The third kappa shape index (κ3) is 4.27. The SMILES string of the molecule is c1ccc2c(c1)-c1cccc3c1c-2c(-n1c2ccccc2c2cc(-c4ccc5c6ccccc6n(-c6c7c8c(cccc8c8ccccc68)-c6ccccc6-7)c5c4)ccc21)c1ccccc13. The summed E-state index contributed by atoms with van der Waals surface area (Å²) in [7, 11) is 0. The van der Waals surface area contributed by atoms with Crippen molar-refractivity contribution in [3.63, 3.8) is 0 Å². The molecule has 0 fully saturated rings. The van der Waals surface area contributed by atoms with Crippen LogP contribution in [0.5, 0.6) is 0 Å². The molecular weight excluding hydrogens is 797 g/mol. The number of fused-ring (bicyclic) bond motifs is 16. The number of aromatic nitrogens is 2. The smallest absolute Gasteiger partial charge is 0.0625 e. The third-order valence-corrected chi connectivity index (χ3v) is 15.1. The van der Waals surface area contributed by atoms with E-state index in [0.717, 1.165) is 0 Å². The van der Waals surface area contributed by atoms with E-state index in [4.69, 9.17) is 0 Å². The van der Waals surface area contributed by atoms with Gasteiger partial charge in [-0.1, -0.05) is 188 Å². The number of para-hydroxylation sites is 2. The first-order valence-corrected chi connectivity index (χ1v) is 23.0. The summed E-state index contributed by atoms with van der Waals surface area (Å²) in [5, 5.41) is 15.4. The predicted molar refractivity (Wildman–Crippen MR) is 279 cm³/mol. The van der Waals surface area contributed by atoms with E-state index >= 15 is 0 Å². The Morgan fingerprint density at radius 2 is 0.591 bits per heavy atom. The average molecular weight is 833 g/mol.